The third-order valence-electron chi connectivity index (χ3n) is 8.61. The number of benzene rings is 2. The summed E-state index contributed by atoms with van der Waals surface area (Å²) in [6, 6.07) is 12.0. The molecule has 0 saturated heterocycles. The molecule has 6 rings (SSSR count). The molecule has 3 N–H and O–H groups in total. The van der Waals surface area contributed by atoms with Gasteiger partial charge in [0.25, 0.3) is 5.91 Å². The van der Waals surface area contributed by atoms with E-state index >= 15 is 0 Å². The van der Waals surface area contributed by atoms with Crippen molar-refractivity contribution in [1.29, 1.82) is 0 Å². The van der Waals surface area contributed by atoms with E-state index in [1.165, 1.54) is 44.6 Å². The monoisotopic (exact) mass is 570 g/mol. The highest BCUT2D eigenvalue weighted by molar-refractivity contribution is 6.06. The van der Waals surface area contributed by atoms with Crippen molar-refractivity contribution in [2.45, 2.75) is 69.4 Å². The molecule has 4 aromatic rings. The highest BCUT2D eigenvalue weighted by Gasteiger charge is 2.43. The van der Waals surface area contributed by atoms with Gasteiger partial charge in [-0.15, -0.1) is 0 Å². The minimum atomic E-state index is -1.14. The summed E-state index contributed by atoms with van der Waals surface area (Å²) in [4.78, 5) is 43.8. The molecule has 2 aromatic heterocycles. The first kappa shape index (κ1) is 27.6. The maximum absolute atomic E-state index is 13.7. The minimum absolute atomic E-state index is 0.0198. The number of aromatic carboxylic acids is 1. The zero-order valence-electron chi connectivity index (χ0n) is 23.5. The SMILES string of the molecule is COc1ccc(C(=O)O)cc1NC(=O)C1(NC(=O)c2ccc3c(c2)nc(-c2ccoc2)n3C2CCCCC2)CCCC1. The molecule has 10 heteroatoms. The van der Waals surface area contributed by atoms with Crippen LogP contribution in [0, 0.1) is 0 Å². The molecule has 0 atom stereocenters. The van der Waals surface area contributed by atoms with Crippen LogP contribution in [0.2, 0.25) is 0 Å². The number of amides is 2. The summed E-state index contributed by atoms with van der Waals surface area (Å²) in [5.41, 5.74) is 2.11. The summed E-state index contributed by atoms with van der Waals surface area (Å²) >= 11 is 0. The third kappa shape index (κ3) is 5.13. The zero-order chi connectivity index (χ0) is 29.3. The largest absolute Gasteiger partial charge is 0.495 e. The Balaban J connectivity index is 1.29. The molecular weight excluding hydrogens is 536 g/mol. The van der Waals surface area contributed by atoms with E-state index in [1.807, 2.05) is 12.1 Å². The number of imidazole rings is 1. The second kappa shape index (κ2) is 11.3. The number of rotatable bonds is 8. The van der Waals surface area contributed by atoms with E-state index in [1.54, 1.807) is 24.7 Å². The number of furan rings is 1. The van der Waals surface area contributed by atoms with Crippen LogP contribution in [0.3, 0.4) is 0 Å². The molecule has 42 heavy (non-hydrogen) atoms. The van der Waals surface area contributed by atoms with Crippen LogP contribution in [0.25, 0.3) is 22.4 Å². The van der Waals surface area contributed by atoms with Gasteiger partial charge in [0.15, 0.2) is 0 Å². The van der Waals surface area contributed by atoms with Crippen LogP contribution in [0.4, 0.5) is 5.69 Å². The van der Waals surface area contributed by atoms with Crippen molar-refractivity contribution >= 4 is 34.5 Å². The highest BCUT2D eigenvalue weighted by Crippen LogP contribution is 2.37. The van der Waals surface area contributed by atoms with Gasteiger partial charge in [0.1, 0.15) is 23.4 Å². The van der Waals surface area contributed by atoms with Crippen molar-refractivity contribution in [1.82, 2.24) is 14.9 Å². The van der Waals surface area contributed by atoms with Crippen LogP contribution in [-0.2, 0) is 4.79 Å². The van der Waals surface area contributed by atoms with Gasteiger partial charge in [-0.05, 0) is 68.1 Å². The molecule has 2 amide bonds. The van der Waals surface area contributed by atoms with E-state index in [2.05, 4.69) is 15.2 Å². The fourth-order valence-electron chi connectivity index (χ4n) is 6.40. The smallest absolute Gasteiger partial charge is 0.335 e. The molecule has 0 aliphatic heterocycles. The molecule has 2 aliphatic rings. The predicted octanol–water partition coefficient (Wildman–Crippen LogP) is 6.19. The van der Waals surface area contributed by atoms with Gasteiger partial charge in [-0.25, -0.2) is 9.78 Å². The average Bonchev–Trinajstić information content (AvgIpc) is 3.77. The number of carbonyl (C=O) groups excluding carboxylic acids is 2. The summed E-state index contributed by atoms with van der Waals surface area (Å²) in [7, 11) is 1.45. The van der Waals surface area contributed by atoms with Crippen LogP contribution >= 0.6 is 0 Å². The molecule has 0 spiro atoms. The Hall–Kier alpha value is -4.60. The fraction of sp³-hybridized carbons (Fsp3) is 0.375. The number of ether oxygens (including phenoxy) is 1. The number of hydrogen-bond donors (Lipinski definition) is 3. The van der Waals surface area contributed by atoms with Crippen LogP contribution in [0.15, 0.2) is 59.4 Å². The molecule has 10 nitrogen and oxygen atoms in total. The predicted molar refractivity (Wildman–Crippen MR) is 157 cm³/mol. The maximum Gasteiger partial charge on any atom is 0.335 e. The number of aromatic nitrogens is 2. The quantitative estimate of drug-likeness (QED) is 0.230. The molecule has 0 bridgehead atoms. The average molecular weight is 571 g/mol. The van der Waals surface area contributed by atoms with Crippen LogP contribution in [0.5, 0.6) is 5.75 Å². The van der Waals surface area contributed by atoms with Crippen molar-refractivity contribution in [2.75, 3.05) is 12.4 Å². The Bertz CT molecular complexity index is 1630. The summed E-state index contributed by atoms with van der Waals surface area (Å²) in [6.45, 7) is 0. The lowest BCUT2D eigenvalue weighted by Gasteiger charge is -2.29. The molecule has 218 valence electrons. The second-order valence-corrected chi connectivity index (χ2v) is 11.2. The molecule has 2 aromatic carbocycles. The van der Waals surface area contributed by atoms with Gasteiger partial charge >= 0.3 is 5.97 Å². The molecule has 2 aliphatic carbocycles. The van der Waals surface area contributed by atoms with E-state index in [0.29, 0.717) is 35.7 Å². The maximum atomic E-state index is 13.7. The van der Waals surface area contributed by atoms with Crippen molar-refractivity contribution in [3.8, 4) is 17.1 Å². The first-order valence-corrected chi connectivity index (χ1v) is 14.5. The van der Waals surface area contributed by atoms with Gasteiger partial charge in [-0.3, -0.25) is 9.59 Å². The highest BCUT2D eigenvalue weighted by atomic mass is 16.5. The van der Waals surface area contributed by atoms with Crippen molar-refractivity contribution < 1.29 is 28.6 Å². The number of fused-ring (bicyclic) bond motifs is 1. The number of carboxylic acid groups (broad SMARTS) is 1. The number of nitrogens with zero attached hydrogens (tertiary/aromatic N) is 2. The zero-order valence-corrected chi connectivity index (χ0v) is 23.5. The fourth-order valence-corrected chi connectivity index (χ4v) is 6.40. The molecule has 2 heterocycles. The molecule has 0 radical (unpaired) electrons. The Morgan fingerprint density at radius 1 is 1.00 bits per heavy atom. The topological polar surface area (TPSA) is 136 Å². The van der Waals surface area contributed by atoms with E-state index in [9.17, 15) is 19.5 Å². The first-order chi connectivity index (χ1) is 20.4. The lowest BCUT2D eigenvalue weighted by atomic mass is 9.94. The number of hydrogen-bond acceptors (Lipinski definition) is 6. The Morgan fingerprint density at radius 3 is 2.45 bits per heavy atom. The van der Waals surface area contributed by atoms with E-state index in [0.717, 1.165) is 42.6 Å². The Morgan fingerprint density at radius 2 is 1.76 bits per heavy atom. The molecular formula is C32H34N4O6. The normalized spacial score (nSPS) is 16.8. The van der Waals surface area contributed by atoms with E-state index in [4.69, 9.17) is 14.1 Å². The van der Waals surface area contributed by atoms with Gasteiger partial charge < -0.3 is 29.5 Å². The van der Waals surface area contributed by atoms with Crippen molar-refractivity contribution in [3.05, 3.63) is 66.1 Å². The second-order valence-electron chi connectivity index (χ2n) is 11.2. The van der Waals surface area contributed by atoms with Gasteiger partial charge in [-0.2, -0.15) is 0 Å². The molecule has 0 unspecified atom stereocenters. The third-order valence-corrected chi connectivity index (χ3v) is 8.61. The van der Waals surface area contributed by atoms with Gasteiger partial charge in [0.2, 0.25) is 5.91 Å². The molecule has 2 fully saturated rings. The van der Waals surface area contributed by atoms with Crippen molar-refractivity contribution in [3.63, 3.8) is 0 Å². The van der Waals surface area contributed by atoms with Crippen LogP contribution in [0.1, 0.15) is 84.5 Å². The van der Waals surface area contributed by atoms with Crippen molar-refractivity contribution in [2.24, 2.45) is 0 Å². The summed E-state index contributed by atoms with van der Waals surface area (Å²) in [5, 5.41) is 15.3. The number of methoxy groups -OCH3 is 1. The van der Waals surface area contributed by atoms with E-state index in [-0.39, 0.29) is 17.2 Å². The summed E-state index contributed by atoms with van der Waals surface area (Å²) in [6.07, 6.45) is 11.6. The number of carbonyl (C=O) groups is 3. The Kier molecular flexibility index (Phi) is 7.45. The van der Waals surface area contributed by atoms with Gasteiger partial charge in [0, 0.05) is 11.6 Å². The molecule has 2 saturated carbocycles. The van der Waals surface area contributed by atoms with E-state index < -0.39 is 17.4 Å². The van der Waals surface area contributed by atoms with Crippen LogP contribution in [-0.4, -0.2) is 45.1 Å². The lowest BCUT2D eigenvalue weighted by molar-refractivity contribution is -0.122. The number of anilines is 1. The van der Waals surface area contributed by atoms with Gasteiger partial charge in [-0.1, -0.05) is 32.1 Å². The number of carboxylic acids is 1. The van der Waals surface area contributed by atoms with Gasteiger partial charge in [0.05, 0.1) is 41.2 Å². The first-order valence-electron chi connectivity index (χ1n) is 14.5. The Labute approximate surface area is 243 Å². The summed E-state index contributed by atoms with van der Waals surface area (Å²) in [5.74, 6) is -0.724. The standard InChI is InChI=1S/C32H34N4O6/c1-41-27-12-10-21(30(38)39)18-25(27)34-31(40)32(14-5-6-15-32)35-29(37)20-9-11-26-24(17-20)33-28(22-13-16-42-19-22)36(26)23-7-3-2-4-8-23/h9-13,16-19,23H,2-8,14-15H2,1H3,(H,34,40)(H,35,37)(H,38,39). The van der Waals surface area contributed by atoms with Crippen LogP contribution < -0.4 is 15.4 Å². The number of nitrogens with one attached hydrogen (secondary N) is 2. The minimum Gasteiger partial charge on any atom is -0.495 e. The lowest BCUT2D eigenvalue weighted by Crippen LogP contribution is -2.55. The summed E-state index contributed by atoms with van der Waals surface area (Å²) < 4.78 is 13.0.